The first-order valence-electron chi connectivity index (χ1n) is 4.72. The van der Waals surface area contributed by atoms with E-state index in [0.29, 0.717) is 24.3 Å². The van der Waals surface area contributed by atoms with Crippen LogP contribution in [0.2, 0.25) is 0 Å². The number of fused-ring (bicyclic) bond motifs is 1. The van der Waals surface area contributed by atoms with Crippen LogP contribution < -0.4 is 39.4 Å². The number of carbonyl (C=O) groups excluding carboxylic acids is 1. The third-order valence-electron chi connectivity index (χ3n) is 2.52. The molecule has 0 saturated heterocycles. The summed E-state index contributed by atoms with van der Waals surface area (Å²) in [4.78, 5) is 10.8. The van der Waals surface area contributed by atoms with Crippen molar-refractivity contribution in [2.45, 2.75) is 12.5 Å². The van der Waals surface area contributed by atoms with E-state index in [0.717, 1.165) is 5.56 Å². The zero-order valence-electron chi connectivity index (χ0n) is 9.36. The summed E-state index contributed by atoms with van der Waals surface area (Å²) in [5.74, 6) is -0.494. The fourth-order valence-electron chi connectivity index (χ4n) is 1.85. The Hall–Kier alpha value is -0.550. The van der Waals surface area contributed by atoms with E-state index < -0.39 is 12.1 Å². The Morgan fingerprint density at radius 3 is 2.94 bits per heavy atom. The van der Waals surface area contributed by atoms with Gasteiger partial charge in [-0.1, -0.05) is 12.1 Å². The predicted octanol–water partition coefficient (Wildman–Crippen LogP) is -2.94. The van der Waals surface area contributed by atoms with Crippen LogP contribution in [0.25, 0.3) is 0 Å². The molecule has 0 aliphatic carbocycles. The number of aliphatic carboxylic acids is 1. The van der Waals surface area contributed by atoms with E-state index in [-0.39, 0.29) is 29.6 Å². The van der Waals surface area contributed by atoms with E-state index in [9.17, 15) is 9.90 Å². The molecule has 1 heterocycles. The fraction of sp³-hybridized carbons (Fsp3) is 0.364. The number of hydrogen-bond donors (Lipinski definition) is 0. The molecule has 80 valence electrons. The third kappa shape index (κ3) is 2.40. The van der Waals surface area contributed by atoms with Crippen molar-refractivity contribution in [1.82, 2.24) is 0 Å². The number of hydrogen-bond acceptors (Lipinski definition) is 4. The summed E-state index contributed by atoms with van der Waals surface area (Å²) in [6, 6.07) is 5.30. The molecule has 0 fully saturated rings. The molecule has 0 saturated carbocycles. The summed E-state index contributed by atoms with van der Waals surface area (Å²) in [7, 11) is 1.57. The molecular formula is C11H11NaO4. The predicted molar refractivity (Wildman–Crippen MR) is 50.4 cm³/mol. The van der Waals surface area contributed by atoms with Gasteiger partial charge in [-0.3, -0.25) is 0 Å². The van der Waals surface area contributed by atoms with Gasteiger partial charge in [0.1, 0.15) is 11.9 Å². The molecule has 1 aliphatic rings. The molecule has 0 amide bonds. The maximum absolute atomic E-state index is 10.8. The summed E-state index contributed by atoms with van der Waals surface area (Å²) >= 11 is 0. The standard InChI is InChI=1S/C11H12O4.Na/c1-14-9-4-2-3-8-7(9)5-6-15-10(8)11(12)13;/h2-4,10H,5-6H2,1H3,(H,12,13);/q;+1/p-1. The molecule has 1 aromatic rings. The van der Waals surface area contributed by atoms with E-state index in [1.165, 1.54) is 0 Å². The van der Waals surface area contributed by atoms with Crippen LogP contribution in [0.4, 0.5) is 0 Å². The van der Waals surface area contributed by atoms with Gasteiger partial charge in [0.05, 0.1) is 19.7 Å². The molecule has 2 rings (SSSR count). The second kappa shape index (κ2) is 5.68. The number of carbonyl (C=O) groups is 1. The van der Waals surface area contributed by atoms with Crippen LogP contribution in [0.3, 0.4) is 0 Å². The first-order chi connectivity index (χ1) is 7.24. The molecule has 0 radical (unpaired) electrons. The Balaban J connectivity index is 0.00000128. The topological polar surface area (TPSA) is 58.6 Å². The van der Waals surface area contributed by atoms with Gasteiger partial charge in [-0.25, -0.2) is 0 Å². The average molecular weight is 230 g/mol. The molecule has 1 aliphatic heterocycles. The number of methoxy groups -OCH3 is 1. The number of carboxylic acids is 1. The Bertz CT molecular complexity index is 392. The van der Waals surface area contributed by atoms with E-state index >= 15 is 0 Å². The summed E-state index contributed by atoms with van der Waals surface area (Å²) < 4.78 is 10.3. The zero-order valence-corrected chi connectivity index (χ0v) is 11.4. The molecule has 16 heavy (non-hydrogen) atoms. The first-order valence-corrected chi connectivity index (χ1v) is 4.72. The number of benzene rings is 1. The molecule has 1 atom stereocenters. The average Bonchev–Trinajstić information content (AvgIpc) is 2.27. The summed E-state index contributed by atoms with van der Waals surface area (Å²) in [6.45, 7) is 0.381. The number of carboxylic acid groups (broad SMARTS) is 1. The Kier molecular flexibility index (Phi) is 4.80. The van der Waals surface area contributed by atoms with Crippen LogP contribution in [-0.4, -0.2) is 19.7 Å². The minimum Gasteiger partial charge on any atom is -0.547 e. The van der Waals surface area contributed by atoms with Crippen molar-refractivity contribution < 1.29 is 48.9 Å². The summed E-state index contributed by atoms with van der Waals surface area (Å²) in [5.41, 5.74) is 1.54. The molecule has 4 nitrogen and oxygen atoms in total. The van der Waals surface area contributed by atoms with E-state index in [2.05, 4.69) is 0 Å². The molecule has 1 unspecified atom stereocenters. The van der Waals surface area contributed by atoms with Gasteiger partial charge < -0.3 is 19.4 Å². The van der Waals surface area contributed by atoms with Gasteiger partial charge in [0, 0.05) is 5.56 Å². The van der Waals surface area contributed by atoms with E-state index in [1.807, 2.05) is 6.07 Å². The molecule has 1 aromatic carbocycles. The van der Waals surface area contributed by atoms with Crippen LogP contribution in [0.5, 0.6) is 5.75 Å². The van der Waals surface area contributed by atoms with Gasteiger partial charge in [0.25, 0.3) is 0 Å². The van der Waals surface area contributed by atoms with Crippen LogP contribution in [0.15, 0.2) is 18.2 Å². The Morgan fingerprint density at radius 2 is 2.31 bits per heavy atom. The van der Waals surface area contributed by atoms with Crippen molar-refractivity contribution >= 4 is 5.97 Å². The monoisotopic (exact) mass is 230 g/mol. The number of ether oxygens (including phenoxy) is 2. The molecule has 0 bridgehead atoms. The quantitative estimate of drug-likeness (QED) is 0.510. The van der Waals surface area contributed by atoms with Gasteiger partial charge >= 0.3 is 29.6 Å². The first kappa shape index (κ1) is 13.5. The SMILES string of the molecule is COc1cccc2c1CCOC2C(=O)[O-].[Na+]. The molecule has 0 N–H and O–H groups in total. The van der Waals surface area contributed by atoms with Crippen LogP contribution >= 0.6 is 0 Å². The minimum absolute atomic E-state index is 0. The second-order valence-electron chi connectivity index (χ2n) is 3.35. The second-order valence-corrected chi connectivity index (χ2v) is 3.35. The van der Waals surface area contributed by atoms with E-state index in [4.69, 9.17) is 9.47 Å². The van der Waals surface area contributed by atoms with Gasteiger partial charge in [0.15, 0.2) is 0 Å². The maximum Gasteiger partial charge on any atom is 1.00 e. The molecular weight excluding hydrogens is 219 g/mol. The zero-order chi connectivity index (χ0) is 10.8. The van der Waals surface area contributed by atoms with Crippen molar-refractivity contribution in [3.8, 4) is 5.75 Å². The summed E-state index contributed by atoms with van der Waals surface area (Å²) in [5, 5.41) is 10.8. The van der Waals surface area contributed by atoms with Crippen LogP contribution in [0.1, 0.15) is 17.2 Å². The van der Waals surface area contributed by atoms with Crippen LogP contribution in [-0.2, 0) is 16.0 Å². The van der Waals surface area contributed by atoms with Crippen molar-refractivity contribution in [2.75, 3.05) is 13.7 Å². The molecule has 0 aromatic heterocycles. The third-order valence-corrected chi connectivity index (χ3v) is 2.52. The molecule has 5 heteroatoms. The van der Waals surface area contributed by atoms with Crippen molar-refractivity contribution in [1.29, 1.82) is 0 Å². The smallest absolute Gasteiger partial charge is 0.547 e. The largest absolute Gasteiger partial charge is 1.00 e. The van der Waals surface area contributed by atoms with Crippen molar-refractivity contribution in [2.24, 2.45) is 0 Å². The Morgan fingerprint density at radius 1 is 1.56 bits per heavy atom. The van der Waals surface area contributed by atoms with Crippen LogP contribution in [0, 0.1) is 0 Å². The minimum atomic E-state index is -1.20. The normalized spacial score (nSPS) is 18.2. The van der Waals surface area contributed by atoms with Gasteiger partial charge in [0.2, 0.25) is 0 Å². The maximum atomic E-state index is 10.8. The number of rotatable bonds is 2. The Labute approximate surface area is 116 Å². The molecule has 0 spiro atoms. The van der Waals surface area contributed by atoms with Gasteiger partial charge in [-0.2, -0.15) is 0 Å². The van der Waals surface area contributed by atoms with Gasteiger partial charge in [-0.05, 0) is 18.1 Å². The summed E-state index contributed by atoms with van der Waals surface area (Å²) in [6.07, 6.45) is -0.299. The van der Waals surface area contributed by atoms with Gasteiger partial charge in [-0.15, -0.1) is 0 Å². The fourth-order valence-corrected chi connectivity index (χ4v) is 1.85. The van der Waals surface area contributed by atoms with Crippen molar-refractivity contribution in [3.05, 3.63) is 29.3 Å². The van der Waals surface area contributed by atoms with E-state index in [1.54, 1.807) is 19.2 Å². The van der Waals surface area contributed by atoms with Crippen molar-refractivity contribution in [3.63, 3.8) is 0 Å².